The third-order valence-electron chi connectivity index (χ3n) is 6.24. The molecule has 0 bridgehead atoms. The summed E-state index contributed by atoms with van der Waals surface area (Å²) in [6.45, 7) is 4.43. The molecule has 4 rings (SSSR count). The predicted octanol–water partition coefficient (Wildman–Crippen LogP) is 4.08. The Labute approximate surface area is 215 Å². The largest absolute Gasteiger partial charge is 0.504 e. The van der Waals surface area contributed by atoms with Crippen LogP contribution in [0.5, 0.6) is 11.5 Å². The molecule has 1 saturated heterocycles. The van der Waals surface area contributed by atoms with Crippen molar-refractivity contribution in [3.05, 3.63) is 59.5 Å². The Balaban J connectivity index is 1.86. The predicted molar refractivity (Wildman–Crippen MR) is 137 cm³/mol. The van der Waals surface area contributed by atoms with Crippen LogP contribution in [0.3, 0.4) is 0 Å². The zero-order valence-corrected chi connectivity index (χ0v) is 20.7. The van der Waals surface area contributed by atoms with E-state index < -0.39 is 11.4 Å². The third-order valence-corrected chi connectivity index (χ3v) is 6.24. The number of hydrogen-bond acceptors (Lipinski definition) is 8. The van der Waals surface area contributed by atoms with Crippen molar-refractivity contribution in [1.82, 2.24) is 4.98 Å². The molecule has 3 aromatic rings. The van der Waals surface area contributed by atoms with Gasteiger partial charge in [0, 0.05) is 36.5 Å². The molecule has 4 N–H and O–H groups in total. The number of pyridine rings is 1. The minimum Gasteiger partial charge on any atom is -0.504 e. The molecule has 0 unspecified atom stereocenters. The highest BCUT2D eigenvalue weighted by Gasteiger charge is 2.25. The second kappa shape index (κ2) is 10.4. The summed E-state index contributed by atoms with van der Waals surface area (Å²) in [5.74, 6) is -0.194. The molecule has 0 aliphatic carbocycles. The van der Waals surface area contributed by atoms with Crippen LogP contribution >= 0.6 is 0 Å². The fourth-order valence-corrected chi connectivity index (χ4v) is 4.30. The number of anilines is 1. The van der Waals surface area contributed by atoms with Crippen LogP contribution < -0.4 is 15.4 Å². The number of aromatic hydroxyl groups is 1. The SMILES string of the molecule is CC(C)(O)COc1ccc(-c2cnc(N3CCC(N)CC3)c(C#N)c2-c2ccc(C#N)c(F)c2)cc1O. The molecule has 1 aliphatic heterocycles. The number of hydrogen-bond donors (Lipinski definition) is 3. The monoisotopic (exact) mass is 501 g/mol. The second-order valence-corrected chi connectivity index (χ2v) is 9.77. The van der Waals surface area contributed by atoms with E-state index in [0.717, 1.165) is 12.8 Å². The number of aliphatic hydroxyl groups is 1. The lowest BCUT2D eigenvalue weighted by atomic mass is 9.91. The maximum absolute atomic E-state index is 14.7. The van der Waals surface area contributed by atoms with Gasteiger partial charge < -0.3 is 25.6 Å². The number of ether oxygens (including phenoxy) is 1. The van der Waals surface area contributed by atoms with Crippen LogP contribution in [0.1, 0.15) is 37.8 Å². The highest BCUT2D eigenvalue weighted by molar-refractivity contribution is 5.90. The summed E-state index contributed by atoms with van der Waals surface area (Å²) in [5.41, 5.74) is 7.01. The van der Waals surface area contributed by atoms with Crippen LogP contribution in [0.4, 0.5) is 10.2 Å². The highest BCUT2D eigenvalue weighted by Crippen LogP contribution is 2.41. The number of aromatic nitrogens is 1. The number of phenolic OH excluding ortho intramolecular Hbond substituents is 1. The molecule has 2 heterocycles. The first-order valence-electron chi connectivity index (χ1n) is 11.9. The third kappa shape index (κ3) is 5.64. The van der Waals surface area contributed by atoms with Gasteiger partial charge in [0.2, 0.25) is 0 Å². The molecular formula is C28H28FN5O3. The number of halogens is 1. The van der Waals surface area contributed by atoms with Gasteiger partial charge in [-0.1, -0.05) is 12.1 Å². The van der Waals surface area contributed by atoms with Gasteiger partial charge in [0.25, 0.3) is 0 Å². The van der Waals surface area contributed by atoms with Crippen molar-refractivity contribution < 1.29 is 19.3 Å². The molecule has 2 aromatic carbocycles. The molecule has 0 atom stereocenters. The Kier molecular flexibility index (Phi) is 7.30. The molecule has 9 heteroatoms. The molecule has 0 spiro atoms. The summed E-state index contributed by atoms with van der Waals surface area (Å²) >= 11 is 0. The van der Waals surface area contributed by atoms with Gasteiger partial charge in [-0.2, -0.15) is 10.5 Å². The van der Waals surface area contributed by atoms with Crippen molar-refractivity contribution in [2.24, 2.45) is 5.73 Å². The summed E-state index contributed by atoms with van der Waals surface area (Å²) in [5, 5.41) is 40.0. The van der Waals surface area contributed by atoms with Crippen LogP contribution in [-0.4, -0.2) is 46.5 Å². The van der Waals surface area contributed by atoms with Gasteiger partial charge in [-0.25, -0.2) is 9.37 Å². The Bertz CT molecular complexity index is 1400. The highest BCUT2D eigenvalue weighted by atomic mass is 19.1. The molecule has 1 aliphatic rings. The minimum absolute atomic E-state index is 0.0238. The number of piperidine rings is 1. The average molecular weight is 502 g/mol. The first kappa shape index (κ1) is 25.9. The van der Waals surface area contributed by atoms with Crippen molar-refractivity contribution >= 4 is 5.82 Å². The Morgan fingerprint density at radius 1 is 1.14 bits per heavy atom. The minimum atomic E-state index is -1.09. The topological polar surface area (TPSA) is 139 Å². The van der Waals surface area contributed by atoms with E-state index in [0.29, 0.717) is 41.2 Å². The van der Waals surface area contributed by atoms with Crippen LogP contribution in [0.2, 0.25) is 0 Å². The lowest BCUT2D eigenvalue weighted by molar-refractivity contribution is 0.0277. The molecule has 190 valence electrons. The van der Waals surface area contributed by atoms with E-state index in [4.69, 9.17) is 10.5 Å². The number of benzene rings is 2. The van der Waals surface area contributed by atoms with E-state index in [1.807, 2.05) is 11.0 Å². The summed E-state index contributed by atoms with van der Waals surface area (Å²) < 4.78 is 20.2. The van der Waals surface area contributed by atoms with Gasteiger partial charge in [-0.15, -0.1) is 0 Å². The Morgan fingerprint density at radius 2 is 1.84 bits per heavy atom. The van der Waals surface area contributed by atoms with Crippen LogP contribution in [0, 0.1) is 28.5 Å². The summed E-state index contributed by atoms with van der Waals surface area (Å²) in [6, 6.07) is 13.1. The number of rotatable bonds is 6. The molecular weight excluding hydrogens is 473 g/mol. The van der Waals surface area contributed by atoms with Gasteiger partial charge in [-0.05, 0) is 62.1 Å². The fourth-order valence-electron chi connectivity index (χ4n) is 4.30. The first-order chi connectivity index (χ1) is 17.6. The van der Waals surface area contributed by atoms with E-state index in [1.165, 1.54) is 18.2 Å². The molecule has 0 radical (unpaired) electrons. The second-order valence-electron chi connectivity index (χ2n) is 9.77. The van der Waals surface area contributed by atoms with Gasteiger partial charge >= 0.3 is 0 Å². The van der Waals surface area contributed by atoms with Crippen LogP contribution in [0.25, 0.3) is 22.3 Å². The van der Waals surface area contributed by atoms with Gasteiger partial charge in [-0.3, -0.25) is 0 Å². The lowest BCUT2D eigenvalue weighted by Gasteiger charge is -2.32. The standard InChI is InChI=1S/C28H28FN5O3/c1-28(2,36)16-37-25-6-5-17(12-24(25)35)22-15-33-27(34-9-7-20(32)8-10-34)21(14-31)26(22)18-3-4-19(13-30)23(29)11-18/h3-6,11-12,15,20,35-36H,7-10,16,32H2,1-2H3. The fraction of sp³-hybridized carbons (Fsp3) is 0.321. The van der Waals surface area contributed by atoms with E-state index in [9.17, 15) is 25.1 Å². The number of nitrogens with two attached hydrogens (primary N) is 1. The van der Waals surface area contributed by atoms with Gasteiger partial charge in [0.15, 0.2) is 11.5 Å². The van der Waals surface area contributed by atoms with Crippen molar-refractivity contribution in [1.29, 1.82) is 10.5 Å². The molecule has 8 nitrogen and oxygen atoms in total. The normalized spacial score (nSPS) is 14.2. The Hall–Kier alpha value is -4.18. The summed E-state index contributed by atoms with van der Waals surface area (Å²) in [4.78, 5) is 6.61. The lowest BCUT2D eigenvalue weighted by Crippen LogP contribution is -2.40. The van der Waals surface area contributed by atoms with Gasteiger partial charge in [0.1, 0.15) is 35.9 Å². The van der Waals surface area contributed by atoms with E-state index in [2.05, 4.69) is 11.1 Å². The zero-order chi connectivity index (χ0) is 26.7. The van der Waals surface area contributed by atoms with E-state index in [1.54, 1.807) is 38.2 Å². The molecule has 0 saturated carbocycles. The van der Waals surface area contributed by atoms with Crippen molar-refractivity contribution in [2.45, 2.75) is 38.3 Å². The maximum atomic E-state index is 14.7. The smallest absolute Gasteiger partial charge is 0.161 e. The van der Waals surface area contributed by atoms with E-state index in [-0.39, 0.29) is 35.3 Å². The number of nitriles is 2. The Morgan fingerprint density at radius 3 is 2.43 bits per heavy atom. The van der Waals surface area contributed by atoms with Crippen molar-refractivity contribution in [3.63, 3.8) is 0 Å². The van der Waals surface area contributed by atoms with Gasteiger partial charge in [0.05, 0.1) is 11.2 Å². The zero-order valence-electron chi connectivity index (χ0n) is 20.7. The first-order valence-corrected chi connectivity index (χ1v) is 11.9. The molecule has 1 aromatic heterocycles. The molecule has 1 fully saturated rings. The van der Waals surface area contributed by atoms with Crippen LogP contribution in [-0.2, 0) is 0 Å². The van der Waals surface area contributed by atoms with Crippen LogP contribution in [0.15, 0.2) is 42.6 Å². The van der Waals surface area contributed by atoms with E-state index >= 15 is 0 Å². The number of phenols is 1. The number of nitrogens with zero attached hydrogens (tertiary/aromatic N) is 4. The average Bonchev–Trinajstić information content (AvgIpc) is 2.87. The molecule has 0 amide bonds. The summed E-state index contributed by atoms with van der Waals surface area (Å²) in [7, 11) is 0. The summed E-state index contributed by atoms with van der Waals surface area (Å²) in [6.07, 6.45) is 3.12. The molecule has 37 heavy (non-hydrogen) atoms. The van der Waals surface area contributed by atoms with Crippen molar-refractivity contribution in [2.75, 3.05) is 24.6 Å². The van der Waals surface area contributed by atoms with Crippen molar-refractivity contribution in [3.8, 4) is 45.9 Å². The quantitative estimate of drug-likeness (QED) is 0.459. The maximum Gasteiger partial charge on any atom is 0.161 e.